The second-order valence-electron chi connectivity index (χ2n) is 7.88. The molecule has 0 spiro atoms. The third-order valence-corrected chi connectivity index (χ3v) is 5.40. The number of aryl methyl sites for hydroxylation is 2. The first-order valence-electron chi connectivity index (χ1n) is 10.7. The van der Waals surface area contributed by atoms with Crippen LogP contribution in [0, 0.1) is 13.8 Å². The van der Waals surface area contributed by atoms with E-state index in [1.54, 1.807) is 0 Å². The summed E-state index contributed by atoms with van der Waals surface area (Å²) in [5, 5.41) is 5.06. The summed E-state index contributed by atoms with van der Waals surface area (Å²) in [6, 6.07) is 37.1. The predicted octanol–water partition coefficient (Wildman–Crippen LogP) is 6.58. The fourth-order valence-corrected chi connectivity index (χ4v) is 3.67. The largest absolute Gasteiger partial charge is 0.271 e. The standard InChI is InChI=1S/C28H24N4/c1-21-13-17-23(18-14-21)27-28(24-19-15-22(2)16-20-24)32(29-25-9-5-3-6-10-25)31(30-27)26-11-7-4-8-12-26/h3-20H,1-2H3. The molecule has 0 atom stereocenters. The first-order chi connectivity index (χ1) is 15.7. The Morgan fingerprint density at radius 1 is 0.625 bits per heavy atom. The van der Waals surface area contributed by atoms with Crippen LogP contribution in [0.5, 0.6) is 0 Å². The van der Waals surface area contributed by atoms with Crippen molar-refractivity contribution in [2.24, 2.45) is 0 Å². The SMILES string of the molecule is Cc1ccc(-c2nn(-c3ccccc3)[n+]([N-]c3ccccc3)c2-c2ccc(C)cc2)cc1. The Bertz CT molecular complexity index is 1320. The minimum atomic E-state index is 0.860. The second-order valence-corrected chi connectivity index (χ2v) is 7.88. The zero-order valence-electron chi connectivity index (χ0n) is 18.2. The van der Waals surface area contributed by atoms with Crippen molar-refractivity contribution in [1.29, 1.82) is 0 Å². The van der Waals surface area contributed by atoms with E-state index in [4.69, 9.17) is 10.5 Å². The summed E-state index contributed by atoms with van der Waals surface area (Å²) in [5.74, 6) is 0. The van der Waals surface area contributed by atoms with E-state index in [-0.39, 0.29) is 0 Å². The molecule has 4 heteroatoms. The molecule has 1 heterocycles. The molecule has 5 rings (SSSR count). The Hall–Kier alpha value is -4.18. The van der Waals surface area contributed by atoms with E-state index in [0.29, 0.717) is 0 Å². The second kappa shape index (κ2) is 8.52. The molecular weight excluding hydrogens is 392 g/mol. The Morgan fingerprint density at radius 2 is 1.16 bits per heavy atom. The molecule has 4 nitrogen and oxygen atoms in total. The van der Waals surface area contributed by atoms with Crippen molar-refractivity contribution in [3.8, 4) is 28.2 Å². The summed E-state index contributed by atoms with van der Waals surface area (Å²) < 4.78 is 0. The van der Waals surface area contributed by atoms with Gasteiger partial charge in [-0.25, -0.2) is 0 Å². The molecule has 0 saturated heterocycles. The molecule has 0 saturated carbocycles. The lowest BCUT2D eigenvalue weighted by atomic mass is 10.0. The fourth-order valence-electron chi connectivity index (χ4n) is 3.67. The number of nitrogens with zero attached hydrogens (tertiary/aromatic N) is 4. The maximum absolute atomic E-state index is 5.06. The van der Waals surface area contributed by atoms with E-state index in [2.05, 4.69) is 62.4 Å². The van der Waals surface area contributed by atoms with Crippen LogP contribution in [0.1, 0.15) is 11.1 Å². The van der Waals surface area contributed by atoms with Crippen molar-refractivity contribution in [2.75, 3.05) is 0 Å². The average Bonchev–Trinajstić information content (AvgIpc) is 3.20. The maximum Gasteiger partial charge on any atom is 0.234 e. The summed E-state index contributed by atoms with van der Waals surface area (Å²) in [7, 11) is 0. The van der Waals surface area contributed by atoms with Gasteiger partial charge in [-0.05, 0) is 24.6 Å². The van der Waals surface area contributed by atoms with Crippen molar-refractivity contribution < 1.29 is 4.79 Å². The zero-order chi connectivity index (χ0) is 21.9. The van der Waals surface area contributed by atoms with Gasteiger partial charge < -0.3 is 0 Å². The third-order valence-electron chi connectivity index (χ3n) is 5.40. The molecule has 4 aromatic carbocycles. The molecule has 0 bridgehead atoms. The normalized spacial score (nSPS) is 10.8. The number of hydrogen-bond donors (Lipinski definition) is 0. The minimum Gasteiger partial charge on any atom is -0.271 e. The van der Waals surface area contributed by atoms with E-state index < -0.39 is 0 Å². The van der Waals surface area contributed by atoms with Crippen LogP contribution in [0.3, 0.4) is 0 Å². The van der Waals surface area contributed by atoms with Crippen molar-refractivity contribution >= 4 is 5.69 Å². The Kier molecular flexibility index (Phi) is 5.26. The molecule has 0 aliphatic heterocycles. The van der Waals surface area contributed by atoms with Crippen LogP contribution in [0.4, 0.5) is 5.69 Å². The van der Waals surface area contributed by atoms with E-state index in [9.17, 15) is 0 Å². The van der Waals surface area contributed by atoms with Gasteiger partial charge in [0.25, 0.3) is 0 Å². The van der Waals surface area contributed by atoms with Crippen LogP contribution in [0.15, 0.2) is 109 Å². The summed E-state index contributed by atoms with van der Waals surface area (Å²) in [5.41, 5.74) is 13.2. The molecular formula is C28H24N4. The lowest BCUT2D eigenvalue weighted by Gasteiger charge is -2.16. The van der Waals surface area contributed by atoms with Gasteiger partial charge in [0.15, 0.2) is 5.69 Å². The van der Waals surface area contributed by atoms with Crippen molar-refractivity contribution in [1.82, 2.24) is 9.90 Å². The monoisotopic (exact) mass is 416 g/mol. The molecule has 5 aromatic rings. The van der Waals surface area contributed by atoms with Crippen molar-refractivity contribution in [2.45, 2.75) is 13.8 Å². The number of benzene rings is 4. The highest BCUT2D eigenvalue weighted by molar-refractivity contribution is 5.76. The van der Waals surface area contributed by atoms with Gasteiger partial charge in [0.2, 0.25) is 5.69 Å². The van der Waals surface area contributed by atoms with Crippen LogP contribution in [-0.4, -0.2) is 9.90 Å². The summed E-state index contributed by atoms with van der Waals surface area (Å²) in [6.45, 7) is 4.19. The van der Waals surface area contributed by atoms with Crippen molar-refractivity contribution in [3.63, 3.8) is 0 Å². The zero-order valence-corrected chi connectivity index (χ0v) is 18.2. The Morgan fingerprint density at radius 3 is 1.75 bits per heavy atom. The number of hydrogen-bond acceptors (Lipinski definition) is 1. The number of aromatic nitrogens is 3. The number of rotatable bonds is 5. The molecule has 0 radical (unpaired) electrons. The molecule has 32 heavy (non-hydrogen) atoms. The van der Waals surface area contributed by atoms with Crippen LogP contribution in [0.25, 0.3) is 33.6 Å². The smallest absolute Gasteiger partial charge is 0.234 e. The van der Waals surface area contributed by atoms with E-state index >= 15 is 0 Å². The third kappa shape index (κ3) is 3.91. The van der Waals surface area contributed by atoms with Crippen molar-refractivity contribution in [3.05, 3.63) is 126 Å². The van der Waals surface area contributed by atoms with Gasteiger partial charge in [-0.3, -0.25) is 5.43 Å². The molecule has 0 fully saturated rings. The molecule has 0 amide bonds. The molecule has 1 aromatic heterocycles. The highest BCUT2D eigenvalue weighted by Crippen LogP contribution is 2.31. The van der Waals surface area contributed by atoms with Crippen LogP contribution in [-0.2, 0) is 0 Å². The van der Waals surface area contributed by atoms with Gasteiger partial charge in [0.05, 0.1) is 0 Å². The van der Waals surface area contributed by atoms with Gasteiger partial charge in [-0.2, -0.15) is 4.79 Å². The lowest BCUT2D eigenvalue weighted by molar-refractivity contribution is -0.690. The fraction of sp³-hybridized carbons (Fsp3) is 0.0714. The molecule has 0 N–H and O–H groups in total. The molecule has 0 unspecified atom stereocenters. The Labute approximate surface area is 188 Å². The highest BCUT2D eigenvalue weighted by Gasteiger charge is 2.25. The van der Waals surface area contributed by atoms with E-state index in [1.807, 2.05) is 70.3 Å². The molecule has 0 aliphatic carbocycles. The summed E-state index contributed by atoms with van der Waals surface area (Å²) in [4.78, 5) is 3.78. The van der Waals surface area contributed by atoms with Gasteiger partial charge in [-0.1, -0.05) is 120 Å². The lowest BCUT2D eigenvalue weighted by Crippen LogP contribution is -2.40. The number of para-hydroxylation sites is 1. The van der Waals surface area contributed by atoms with Gasteiger partial charge in [0.1, 0.15) is 0 Å². The first kappa shape index (κ1) is 19.8. The van der Waals surface area contributed by atoms with E-state index in [0.717, 1.165) is 33.9 Å². The van der Waals surface area contributed by atoms with Gasteiger partial charge >= 0.3 is 0 Å². The summed E-state index contributed by atoms with van der Waals surface area (Å²) >= 11 is 0. The first-order valence-corrected chi connectivity index (χ1v) is 10.7. The quantitative estimate of drug-likeness (QED) is 0.298. The van der Waals surface area contributed by atoms with Crippen LogP contribution < -0.4 is 4.79 Å². The van der Waals surface area contributed by atoms with Crippen LogP contribution in [0.2, 0.25) is 0 Å². The van der Waals surface area contributed by atoms with Gasteiger partial charge in [-0.15, -0.1) is 4.80 Å². The minimum absolute atomic E-state index is 0.860. The van der Waals surface area contributed by atoms with Gasteiger partial charge in [0, 0.05) is 16.8 Å². The van der Waals surface area contributed by atoms with E-state index in [1.165, 1.54) is 11.1 Å². The average molecular weight is 417 g/mol. The summed E-state index contributed by atoms with van der Waals surface area (Å²) in [6.07, 6.45) is 0. The highest BCUT2D eigenvalue weighted by atomic mass is 15.7. The molecule has 156 valence electrons. The Balaban J connectivity index is 1.79. The predicted molar refractivity (Wildman–Crippen MR) is 129 cm³/mol. The topological polar surface area (TPSA) is 35.8 Å². The van der Waals surface area contributed by atoms with Crippen LogP contribution >= 0.6 is 0 Å². The molecule has 0 aliphatic rings. The maximum atomic E-state index is 5.06.